The van der Waals surface area contributed by atoms with Gasteiger partial charge in [0.15, 0.2) is 0 Å². The predicted octanol–water partition coefficient (Wildman–Crippen LogP) is 4.44. The molecule has 11 heteroatoms. The molecule has 218 valence electrons. The summed E-state index contributed by atoms with van der Waals surface area (Å²) in [5, 5.41) is 11.6. The lowest BCUT2D eigenvalue weighted by Crippen LogP contribution is -2.24. The zero-order chi connectivity index (χ0) is 29.2. The van der Waals surface area contributed by atoms with E-state index in [0.29, 0.717) is 24.9 Å². The topological polar surface area (TPSA) is 112 Å². The number of nitrogens with one attached hydrogen (secondary N) is 1. The van der Waals surface area contributed by atoms with Crippen LogP contribution in [0.3, 0.4) is 0 Å². The number of rotatable bonds is 10. The molecule has 0 bridgehead atoms. The SMILES string of the molecule is COCCN1CCC(c2ccc(F)cc2)C1.COCCn1cc(-c2nn(-c3ccccc3)c(NC(N)=O)c2C)cn1. The highest BCUT2D eigenvalue weighted by atomic mass is 19.1. The molecule has 1 aliphatic rings. The number of likely N-dealkylation sites (tertiary alicyclic amines) is 1. The second-order valence-corrected chi connectivity index (χ2v) is 9.87. The Morgan fingerprint density at radius 3 is 2.46 bits per heavy atom. The number of para-hydroxylation sites is 1. The number of ether oxygens (including phenoxy) is 2. The predicted molar refractivity (Wildman–Crippen MR) is 157 cm³/mol. The van der Waals surface area contributed by atoms with Crippen molar-refractivity contribution in [1.29, 1.82) is 0 Å². The molecule has 2 aromatic heterocycles. The molecule has 1 unspecified atom stereocenters. The molecule has 0 radical (unpaired) electrons. The van der Waals surface area contributed by atoms with Gasteiger partial charge in [-0.3, -0.25) is 10.00 Å². The van der Waals surface area contributed by atoms with Crippen molar-refractivity contribution in [3.8, 4) is 16.9 Å². The maximum absolute atomic E-state index is 12.8. The van der Waals surface area contributed by atoms with E-state index in [-0.39, 0.29) is 5.82 Å². The van der Waals surface area contributed by atoms with Crippen LogP contribution in [0, 0.1) is 12.7 Å². The van der Waals surface area contributed by atoms with Crippen molar-refractivity contribution in [2.24, 2.45) is 5.73 Å². The van der Waals surface area contributed by atoms with Gasteiger partial charge < -0.3 is 20.1 Å². The van der Waals surface area contributed by atoms with Crippen LogP contribution in [-0.4, -0.2) is 77.6 Å². The van der Waals surface area contributed by atoms with Gasteiger partial charge in [-0.05, 0) is 55.6 Å². The van der Waals surface area contributed by atoms with E-state index in [1.54, 1.807) is 41.9 Å². The molecule has 10 nitrogen and oxygen atoms in total. The second-order valence-electron chi connectivity index (χ2n) is 9.87. The van der Waals surface area contributed by atoms with Crippen molar-refractivity contribution in [3.63, 3.8) is 0 Å². The summed E-state index contributed by atoms with van der Waals surface area (Å²) in [6, 6.07) is 15.8. The van der Waals surface area contributed by atoms with E-state index in [0.717, 1.165) is 55.2 Å². The van der Waals surface area contributed by atoms with E-state index < -0.39 is 6.03 Å². The fourth-order valence-electron chi connectivity index (χ4n) is 4.85. The van der Waals surface area contributed by atoms with Crippen LogP contribution >= 0.6 is 0 Å². The Balaban J connectivity index is 0.000000208. The van der Waals surface area contributed by atoms with Gasteiger partial charge in [-0.2, -0.15) is 10.2 Å². The maximum Gasteiger partial charge on any atom is 0.317 e. The molecule has 1 atom stereocenters. The smallest absolute Gasteiger partial charge is 0.317 e. The van der Waals surface area contributed by atoms with E-state index in [2.05, 4.69) is 20.4 Å². The molecule has 1 fully saturated rings. The van der Waals surface area contributed by atoms with Gasteiger partial charge in [-0.25, -0.2) is 13.9 Å². The number of urea groups is 1. The van der Waals surface area contributed by atoms with Crippen LogP contribution in [0.1, 0.15) is 23.5 Å². The second kappa shape index (κ2) is 14.5. The zero-order valence-electron chi connectivity index (χ0n) is 23.8. The molecular weight excluding hydrogens is 525 g/mol. The highest BCUT2D eigenvalue weighted by Gasteiger charge is 2.23. The number of amides is 2. The molecule has 2 aromatic carbocycles. The lowest BCUT2D eigenvalue weighted by molar-refractivity contribution is 0.160. The molecule has 41 heavy (non-hydrogen) atoms. The Kier molecular flexibility index (Phi) is 10.6. The summed E-state index contributed by atoms with van der Waals surface area (Å²) in [6.45, 7) is 7.08. The van der Waals surface area contributed by atoms with Crippen molar-refractivity contribution in [1.82, 2.24) is 24.5 Å². The summed E-state index contributed by atoms with van der Waals surface area (Å²) in [5.74, 6) is 0.939. The molecule has 1 saturated heterocycles. The van der Waals surface area contributed by atoms with E-state index >= 15 is 0 Å². The molecule has 3 N–H and O–H groups in total. The summed E-state index contributed by atoms with van der Waals surface area (Å²) >= 11 is 0. The Bertz CT molecular complexity index is 1390. The van der Waals surface area contributed by atoms with Crippen LogP contribution in [-0.2, 0) is 16.0 Å². The number of nitrogens with zero attached hydrogens (tertiary/aromatic N) is 5. The van der Waals surface area contributed by atoms with Gasteiger partial charge in [0.25, 0.3) is 0 Å². The summed E-state index contributed by atoms with van der Waals surface area (Å²) < 4.78 is 26.4. The number of halogens is 1. The molecule has 0 aliphatic carbocycles. The largest absolute Gasteiger partial charge is 0.383 e. The number of hydrogen-bond donors (Lipinski definition) is 2. The van der Waals surface area contributed by atoms with Gasteiger partial charge in [0, 0.05) is 44.6 Å². The van der Waals surface area contributed by atoms with Gasteiger partial charge in [0.2, 0.25) is 0 Å². The van der Waals surface area contributed by atoms with Crippen LogP contribution in [0.5, 0.6) is 0 Å². The summed E-state index contributed by atoms with van der Waals surface area (Å²) in [6.07, 6.45) is 4.81. The minimum Gasteiger partial charge on any atom is -0.383 e. The van der Waals surface area contributed by atoms with Crippen molar-refractivity contribution >= 4 is 11.8 Å². The van der Waals surface area contributed by atoms with Gasteiger partial charge >= 0.3 is 6.03 Å². The normalized spacial score (nSPS) is 15.0. The molecule has 0 saturated carbocycles. The Hall–Kier alpha value is -4.06. The number of nitrogens with two attached hydrogens (primary N) is 1. The highest BCUT2D eigenvalue weighted by Crippen LogP contribution is 2.30. The first-order valence-corrected chi connectivity index (χ1v) is 13.6. The summed E-state index contributed by atoms with van der Waals surface area (Å²) in [7, 11) is 3.38. The quantitative estimate of drug-likeness (QED) is 0.295. The molecule has 4 aromatic rings. The number of methoxy groups -OCH3 is 2. The van der Waals surface area contributed by atoms with E-state index in [9.17, 15) is 9.18 Å². The van der Waals surface area contributed by atoms with E-state index in [1.807, 2.05) is 55.6 Å². The van der Waals surface area contributed by atoms with Crippen molar-refractivity contribution in [2.45, 2.75) is 25.8 Å². The van der Waals surface area contributed by atoms with Crippen molar-refractivity contribution in [2.75, 3.05) is 52.4 Å². The van der Waals surface area contributed by atoms with Gasteiger partial charge in [0.05, 0.1) is 31.6 Å². The van der Waals surface area contributed by atoms with Crippen LogP contribution in [0.4, 0.5) is 15.0 Å². The monoisotopic (exact) mass is 563 g/mol. The Morgan fingerprint density at radius 2 is 1.78 bits per heavy atom. The third-order valence-corrected chi connectivity index (χ3v) is 7.02. The van der Waals surface area contributed by atoms with Gasteiger partial charge in [0.1, 0.15) is 17.3 Å². The van der Waals surface area contributed by atoms with Gasteiger partial charge in [-0.1, -0.05) is 30.3 Å². The average Bonchev–Trinajstić information content (AvgIpc) is 3.72. The summed E-state index contributed by atoms with van der Waals surface area (Å²) in [4.78, 5) is 13.8. The number of primary amides is 1. The number of hydrogen-bond acceptors (Lipinski definition) is 6. The first-order chi connectivity index (χ1) is 19.9. The zero-order valence-corrected chi connectivity index (χ0v) is 23.8. The Morgan fingerprint density at radius 1 is 1.07 bits per heavy atom. The number of anilines is 1. The lowest BCUT2D eigenvalue weighted by Gasteiger charge is -2.15. The number of carbonyl (C=O) groups is 1. The third kappa shape index (κ3) is 8.00. The standard InChI is InChI=1S/C17H20N6O2.C13H18FNO/c1-12-15(13-10-19-22(11-13)8-9-25-2)21-23(16(12)20-17(18)24)14-6-4-3-5-7-14;1-16-9-8-15-7-6-12(10-15)11-2-4-13(14)5-3-11/h3-7,10-11H,8-9H2,1-2H3,(H3,18,20,24);2-5,12H,6-10H2,1H3. The van der Waals surface area contributed by atoms with E-state index in [4.69, 9.17) is 15.2 Å². The number of aromatic nitrogens is 4. The Labute approximate surface area is 239 Å². The number of carbonyl (C=O) groups excluding carboxylic acids is 1. The molecule has 5 rings (SSSR count). The first-order valence-electron chi connectivity index (χ1n) is 13.6. The first kappa shape index (κ1) is 29.9. The summed E-state index contributed by atoms with van der Waals surface area (Å²) in [5.41, 5.74) is 9.81. The minimum absolute atomic E-state index is 0.155. The van der Waals surface area contributed by atoms with Crippen LogP contribution in [0.25, 0.3) is 16.9 Å². The minimum atomic E-state index is -0.637. The molecule has 2 amide bonds. The fourth-order valence-corrected chi connectivity index (χ4v) is 4.85. The number of benzene rings is 2. The molecule has 3 heterocycles. The average molecular weight is 564 g/mol. The maximum atomic E-state index is 12.8. The van der Waals surface area contributed by atoms with Crippen LogP contribution in [0.15, 0.2) is 67.0 Å². The molecule has 0 spiro atoms. The van der Waals surface area contributed by atoms with Crippen LogP contribution < -0.4 is 11.1 Å². The van der Waals surface area contributed by atoms with Crippen molar-refractivity contribution in [3.05, 3.63) is 83.9 Å². The van der Waals surface area contributed by atoms with Crippen LogP contribution in [0.2, 0.25) is 0 Å². The molecule has 1 aliphatic heterocycles. The highest BCUT2D eigenvalue weighted by molar-refractivity contribution is 5.89. The van der Waals surface area contributed by atoms with Gasteiger partial charge in [-0.15, -0.1) is 0 Å². The lowest BCUT2D eigenvalue weighted by atomic mass is 9.99. The van der Waals surface area contributed by atoms with E-state index in [1.165, 1.54) is 5.56 Å². The van der Waals surface area contributed by atoms with Crippen molar-refractivity contribution < 1.29 is 18.7 Å². The fraction of sp³-hybridized carbons (Fsp3) is 0.367. The molecular formula is C30H38FN7O3. The third-order valence-electron chi connectivity index (χ3n) is 7.02.